The first kappa shape index (κ1) is 21.8. The first-order chi connectivity index (χ1) is 11.0. The quantitative estimate of drug-likeness (QED) is 0.271. The van der Waals surface area contributed by atoms with Crippen molar-refractivity contribution in [3.05, 3.63) is 58.7 Å². The van der Waals surface area contributed by atoms with E-state index in [1.54, 1.807) is 0 Å². The van der Waals surface area contributed by atoms with Crippen molar-refractivity contribution < 1.29 is 25.2 Å². The van der Waals surface area contributed by atoms with Gasteiger partial charge in [0.2, 0.25) is 0 Å². The Bertz CT molecular complexity index is 743. The summed E-state index contributed by atoms with van der Waals surface area (Å²) in [4.78, 5) is 2.91. The van der Waals surface area contributed by atoms with E-state index in [1.807, 2.05) is 0 Å². The molecular weight excluding hydrogens is 381 g/mol. The fourth-order valence-corrected chi connectivity index (χ4v) is 4.03. The third kappa shape index (κ3) is 8.15. The summed E-state index contributed by atoms with van der Waals surface area (Å²) in [5.74, 6) is 0. The van der Waals surface area contributed by atoms with E-state index >= 15 is 0 Å². The van der Waals surface area contributed by atoms with Crippen molar-refractivity contribution in [2.75, 3.05) is 6.26 Å². The zero-order valence-corrected chi connectivity index (χ0v) is 16.3. The molecule has 0 bridgehead atoms. The van der Waals surface area contributed by atoms with E-state index in [4.69, 9.17) is 0 Å². The molecule has 142 valence electrons. The number of hydrogen-bond acceptors (Lipinski definition) is 0. The summed E-state index contributed by atoms with van der Waals surface area (Å²) >= 11 is 0. The van der Waals surface area contributed by atoms with Crippen molar-refractivity contribution in [3.63, 3.8) is 0 Å². The molecule has 0 spiro atoms. The van der Waals surface area contributed by atoms with E-state index in [0.29, 0.717) is 0 Å². The van der Waals surface area contributed by atoms with Gasteiger partial charge >= 0.3 is 33.0 Å². The van der Waals surface area contributed by atoms with Crippen molar-refractivity contribution in [1.29, 1.82) is 0 Å². The first-order valence-corrected chi connectivity index (χ1v) is 11.0. The van der Waals surface area contributed by atoms with E-state index in [-0.39, 0.29) is 10.9 Å². The Morgan fingerprint density at radius 1 is 0.720 bits per heavy atom. The van der Waals surface area contributed by atoms with E-state index in [9.17, 15) is 25.2 Å². The molecule has 8 heteroatoms. The first-order valence-electron chi connectivity index (χ1n) is 7.32. The minimum atomic E-state index is -10.7. The monoisotopic (exact) mass is 402 g/mol. The molecule has 2 aromatic carbocycles. The van der Waals surface area contributed by atoms with Crippen molar-refractivity contribution >= 4 is 18.7 Å². The average molecular weight is 402 g/mol. The van der Waals surface area contributed by atoms with Crippen LogP contribution in [0.4, 0.5) is 25.2 Å². The van der Waals surface area contributed by atoms with E-state index in [0.717, 1.165) is 0 Å². The second-order valence-corrected chi connectivity index (χ2v) is 9.70. The van der Waals surface area contributed by atoms with Gasteiger partial charge < -0.3 is 0 Å². The summed E-state index contributed by atoms with van der Waals surface area (Å²) < 4.78 is 59.2. The molecule has 0 heterocycles. The molecule has 25 heavy (non-hydrogen) atoms. The third-order valence-corrected chi connectivity index (χ3v) is 5.92. The standard InChI is InChI=1S/C17H21S.F6P/c1-12-11-17(15(4)14(3)13(12)2)18(5)16-9-7-6-8-10-16;1-7(2,3,4,5)6/h6-11H,1-5H3;/q+1;-1. The molecule has 0 saturated heterocycles. The maximum atomic E-state index is 9.87. The Kier molecular flexibility index (Phi) is 5.69. The second-order valence-electron chi connectivity index (χ2n) is 5.85. The summed E-state index contributed by atoms with van der Waals surface area (Å²) in [5.41, 5.74) is 5.73. The summed E-state index contributed by atoms with van der Waals surface area (Å²) in [6, 6.07) is 13.2. The molecule has 0 aliphatic heterocycles. The molecule has 0 aliphatic carbocycles. The topological polar surface area (TPSA) is 0 Å². The third-order valence-electron chi connectivity index (χ3n) is 3.86. The van der Waals surface area contributed by atoms with Gasteiger partial charge in [0.05, 0.1) is 10.9 Å². The zero-order chi connectivity index (χ0) is 19.7. The van der Waals surface area contributed by atoms with Crippen LogP contribution in [0.15, 0.2) is 46.2 Å². The van der Waals surface area contributed by atoms with Crippen LogP contribution >= 0.6 is 7.81 Å². The van der Waals surface area contributed by atoms with Crippen LogP contribution in [0, 0.1) is 27.7 Å². The molecular formula is C17H21F6PS. The van der Waals surface area contributed by atoms with Gasteiger partial charge in [-0.3, -0.25) is 0 Å². The van der Waals surface area contributed by atoms with Crippen LogP contribution in [0.3, 0.4) is 0 Å². The Labute approximate surface area is 146 Å². The predicted molar refractivity (Wildman–Crippen MR) is 95.2 cm³/mol. The average Bonchev–Trinajstić information content (AvgIpc) is 2.46. The van der Waals surface area contributed by atoms with E-state index in [2.05, 4.69) is 70.3 Å². The Balaban J connectivity index is 0.000000381. The van der Waals surface area contributed by atoms with Gasteiger partial charge in [-0.15, -0.1) is 0 Å². The number of aryl methyl sites for hydroxylation is 1. The Morgan fingerprint density at radius 3 is 1.60 bits per heavy atom. The summed E-state index contributed by atoms with van der Waals surface area (Å²) in [7, 11) is -10.5. The normalized spacial score (nSPS) is 15.5. The van der Waals surface area contributed by atoms with Gasteiger partial charge in [-0.25, -0.2) is 0 Å². The van der Waals surface area contributed by atoms with Crippen molar-refractivity contribution in [3.8, 4) is 0 Å². The van der Waals surface area contributed by atoms with E-state index < -0.39 is 7.81 Å². The molecule has 2 aromatic rings. The van der Waals surface area contributed by atoms with Gasteiger partial charge in [-0.2, -0.15) is 0 Å². The molecule has 1 unspecified atom stereocenters. The van der Waals surface area contributed by atoms with Crippen LogP contribution < -0.4 is 0 Å². The molecule has 0 amide bonds. The molecule has 0 saturated carbocycles. The van der Waals surface area contributed by atoms with Crippen LogP contribution in [0.2, 0.25) is 0 Å². The van der Waals surface area contributed by atoms with Gasteiger partial charge in [0, 0.05) is 5.56 Å². The van der Waals surface area contributed by atoms with Gasteiger partial charge in [-0.1, -0.05) is 18.2 Å². The van der Waals surface area contributed by atoms with Gasteiger partial charge in [-0.05, 0) is 62.6 Å². The second kappa shape index (κ2) is 6.51. The number of hydrogen-bond donors (Lipinski definition) is 0. The van der Waals surface area contributed by atoms with Gasteiger partial charge in [0.15, 0.2) is 9.79 Å². The SMILES string of the molecule is Cc1cc([S+](C)c2ccccc2)c(C)c(C)c1C.F[P-](F)(F)(F)(F)F. The summed E-state index contributed by atoms with van der Waals surface area (Å²) in [5, 5.41) is 0. The van der Waals surface area contributed by atoms with Crippen LogP contribution in [-0.2, 0) is 10.9 Å². The number of halogens is 6. The molecule has 1 atom stereocenters. The van der Waals surface area contributed by atoms with Crippen LogP contribution in [0.1, 0.15) is 22.3 Å². The summed E-state index contributed by atoms with van der Waals surface area (Å²) in [6.07, 6.45) is 2.33. The van der Waals surface area contributed by atoms with Crippen LogP contribution in [-0.4, -0.2) is 6.26 Å². The number of benzene rings is 2. The van der Waals surface area contributed by atoms with Gasteiger partial charge in [0.25, 0.3) is 0 Å². The molecule has 2 rings (SSSR count). The van der Waals surface area contributed by atoms with Crippen LogP contribution in [0.5, 0.6) is 0 Å². The van der Waals surface area contributed by atoms with Gasteiger partial charge in [0.1, 0.15) is 6.26 Å². The summed E-state index contributed by atoms with van der Waals surface area (Å²) in [6.45, 7) is 8.93. The zero-order valence-electron chi connectivity index (χ0n) is 14.6. The maximum absolute atomic E-state index is 10.7. The fourth-order valence-electron chi connectivity index (χ4n) is 2.24. The van der Waals surface area contributed by atoms with Crippen molar-refractivity contribution in [2.45, 2.75) is 37.5 Å². The van der Waals surface area contributed by atoms with Crippen LogP contribution in [0.25, 0.3) is 0 Å². The van der Waals surface area contributed by atoms with Crippen molar-refractivity contribution in [2.24, 2.45) is 0 Å². The predicted octanol–water partition coefficient (Wildman–Crippen LogP) is 7.97. The van der Waals surface area contributed by atoms with Crippen molar-refractivity contribution in [1.82, 2.24) is 0 Å². The molecule has 0 aromatic heterocycles. The molecule has 0 radical (unpaired) electrons. The van der Waals surface area contributed by atoms with E-state index in [1.165, 1.54) is 32.0 Å². The molecule has 0 nitrogen and oxygen atoms in total. The molecule has 0 aliphatic rings. The Morgan fingerprint density at radius 2 is 1.16 bits per heavy atom. The minimum absolute atomic E-state index is 0.163. The fraction of sp³-hybridized carbons (Fsp3) is 0.294. The molecule has 0 fully saturated rings. The number of rotatable bonds is 2. The Hall–Kier alpha value is -1.20. The molecule has 0 N–H and O–H groups in total.